The summed E-state index contributed by atoms with van der Waals surface area (Å²) in [7, 11) is 0. The van der Waals surface area contributed by atoms with E-state index < -0.39 is 5.69 Å². The van der Waals surface area contributed by atoms with E-state index in [9.17, 15) is 9.59 Å². The van der Waals surface area contributed by atoms with Gasteiger partial charge in [-0.25, -0.2) is 4.79 Å². The third kappa shape index (κ3) is 2.42. The van der Waals surface area contributed by atoms with Gasteiger partial charge in [-0.3, -0.25) is 14.3 Å². The monoisotopic (exact) mass is 291 g/mol. The summed E-state index contributed by atoms with van der Waals surface area (Å²) in [6.45, 7) is 0.308. The van der Waals surface area contributed by atoms with Gasteiger partial charge in [-0.15, -0.1) is 0 Å². The van der Waals surface area contributed by atoms with Crippen molar-refractivity contribution < 1.29 is 0 Å². The first kappa shape index (κ1) is 9.98. The average Bonchev–Trinajstić information content (AvgIpc) is 2.09. The van der Waals surface area contributed by atoms with E-state index in [-0.39, 0.29) is 12.0 Å². The van der Waals surface area contributed by atoms with Crippen LogP contribution in [0.3, 0.4) is 0 Å². The Balaban J connectivity index is 3.11. The van der Waals surface area contributed by atoms with Crippen molar-refractivity contribution in [1.82, 2.24) is 9.55 Å². The lowest BCUT2D eigenvalue weighted by Crippen LogP contribution is -2.30. The fourth-order valence-corrected chi connectivity index (χ4v) is 1.29. The molecule has 0 atom stereocenters. The Hall–Kier alpha value is -1.10. The largest absolute Gasteiger partial charge is 0.328 e. The van der Waals surface area contributed by atoms with Crippen molar-refractivity contribution >= 4 is 22.6 Å². The second-order valence-electron chi connectivity index (χ2n) is 2.34. The van der Waals surface area contributed by atoms with Crippen molar-refractivity contribution in [3.05, 3.63) is 30.6 Å². The van der Waals surface area contributed by atoms with E-state index in [1.807, 2.05) is 28.7 Å². The van der Waals surface area contributed by atoms with Crippen molar-refractivity contribution in [2.45, 2.75) is 13.0 Å². The molecule has 0 aromatic carbocycles. The van der Waals surface area contributed by atoms with Gasteiger partial charge in [0.15, 0.2) is 0 Å². The smallest absolute Gasteiger partial charge is 0.298 e. The molecule has 1 aromatic rings. The molecule has 0 bridgehead atoms. The highest BCUT2D eigenvalue weighted by Gasteiger charge is 2.00. The van der Waals surface area contributed by atoms with Gasteiger partial charge in [0.2, 0.25) is 0 Å². The number of hydrogen-bond donors (Lipinski definition) is 1. The summed E-state index contributed by atoms with van der Waals surface area (Å²) in [6, 6.07) is 1.92. The van der Waals surface area contributed by atoms with Crippen LogP contribution in [0.5, 0.6) is 0 Å². The highest BCUT2D eigenvalue weighted by atomic mass is 127. The molecular formula is C7H6IN3O2. The van der Waals surface area contributed by atoms with Crippen molar-refractivity contribution in [2.24, 2.45) is 0 Å². The van der Waals surface area contributed by atoms with Crippen LogP contribution in [0.15, 0.2) is 15.8 Å². The Morgan fingerprint density at radius 1 is 1.62 bits per heavy atom. The second kappa shape index (κ2) is 4.23. The first-order valence-corrected chi connectivity index (χ1v) is 4.59. The number of aryl methyl sites for hydroxylation is 1. The zero-order chi connectivity index (χ0) is 9.84. The predicted molar refractivity (Wildman–Crippen MR) is 54.3 cm³/mol. The molecular weight excluding hydrogens is 285 g/mol. The zero-order valence-corrected chi connectivity index (χ0v) is 8.74. The van der Waals surface area contributed by atoms with Crippen molar-refractivity contribution in [3.8, 4) is 6.07 Å². The summed E-state index contributed by atoms with van der Waals surface area (Å²) in [4.78, 5) is 24.2. The molecule has 68 valence electrons. The van der Waals surface area contributed by atoms with Crippen LogP contribution < -0.4 is 11.2 Å². The second-order valence-corrected chi connectivity index (χ2v) is 3.50. The van der Waals surface area contributed by atoms with Crippen LogP contribution in [0.4, 0.5) is 0 Å². The maximum atomic E-state index is 11.1. The Morgan fingerprint density at radius 2 is 2.31 bits per heavy atom. The number of halogens is 1. The van der Waals surface area contributed by atoms with Gasteiger partial charge in [-0.05, 0) is 22.6 Å². The van der Waals surface area contributed by atoms with Gasteiger partial charge in [-0.1, -0.05) is 0 Å². The molecule has 1 rings (SSSR count). The van der Waals surface area contributed by atoms with Crippen LogP contribution in [0.25, 0.3) is 0 Å². The third-order valence-corrected chi connectivity index (χ3v) is 2.20. The van der Waals surface area contributed by atoms with Gasteiger partial charge < -0.3 is 0 Å². The molecule has 0 aliphatic heterocycles. The van der Waals surface area contributed by atoms with Gasteiger partial charge in [0, 0.05) is 12.7 Å². The summed E-state index contributed by atoms with van der Waals surface area (Å²) in [5, 5.41) is 8.30. The van der Waals surface area contributed by atoms with Crippen LogP contribution in [-0.2, 0) is 6.54 Å². The van der Waals surface area contributed by atoms with E-state index in [1.54, 1.807) is 0 Å². The molecule has 0 radical (unpaired) electrons. The predicted octanol–water partition coefficient (Wildman–Crippen LogP) is 0.0549. The fourth-order valence-electron chi connectivity index (χ4n) is 0.819. The van der Waals surface area contributed by atoms with Crippen molar-refractivity contribution in [3.63, 3.8) is 0 Å². The number of nitriles is 1. The number of rotatable bonds is 2. The lowest BCUT2D eigenvalue weighted by Gasteiger charge is -2.00. The maximum Gasteiger partial charge on any atom is 0.328 e. The van der Waals surface area contributed by atoms with Gasteiger partial charge >= 0.3 is 5.69 Å². The Labute approximate surface area is 87.2 Å². The maximum absolute atomic E-state index is 11.1. The van der Waals surface area contributed by atoms with E-state index in [0.717, 1.165) is 0 Å². The van der Waals surface area contributed by atoms with E-state index >= 15 is 0 Å². The molecule has 1 aromatic heterocycles. The quantitative estimate of drug-likeness (QED) is 0.782. The average molecular weight is 291 g/mol. The minimum atomic E-state index is -0.472. The lowest BCUT2D eigenvalue weighted by molar-refractivity contribution is 0.655. The molecule has 5 nitrogen and oxygen atoms in total. The van der Waals surface area contributed by atoms with Crippen LogP contribution in [-0.4, -0.2) is 9.55 Å². The lowest BCUT2D eigenvalue weighted by atomic mass is 10.4. The molecule has 0 spiro atoms. The topological polar surface area (TPSA) is 78.7 Å². The first-order chi connectivity index (χ1) is 6.15. The van der Waals surface area contributed by atoms with Gasteiger partial charge in [0.05, 0.1) is 16.1 Å². The minimum Gasteiger partial charge on any atom is -0.298 e. The molecule has 1 heterocycles. The van der Waals surface area contributed by atoms with Gasteiger partial charge in [-0.2, -0.15) is 5.26 Å². The van der Waals surface area contributed by atoms with Crippen LogP contribution in [0.1, 0.15) is 6.42 Å². The Bertz CT molecular complexity index is 454. The molecule has 0 fully saturated rings. The fraction of sp³-hybridized carbons (Fsp3) is 0.286. The molecule has 0 saturated carbocycles. The van der Waals surface area contributed by atoms with E-state index in [0.29, 0.717) is 10.1 Å². The SMILES string of the molecule is N#CCCn1cc(I)c(=O)[nH]c1=O. The number of H-pyrrole nitrogens is 1. The van der Waals surface area contributed by atoms with Crippen LogP contribution >= 0.6 is 22.6 Å². The summed E-state index contributed by atoms with van der Waals surface area (Å²) in [5.74, 6) is 0. The number of aromatic nitrogens is 2. The van der Waals surface area contributed by atoms with E-state index in [2.05, 4.69) is 4.98 Å². The normalized spacial score (nSPS) is 9.54. The van der Waals surface area contributed by atoms with Crippen molar-refractivity contribution in [1.29, 1.82) is 5.26 Å². The standard InChI is InChI=1S/C7H6IN3O2/c8-5-4-11(3-1-2-9)7(13)10-6(5)12/h4H,1,3H2,(H,10,12,13). The van der Waals surface area contributed by atoms with E-state index in [1.165, 1.54) is 10.8 Å². The Kier molecular flexibility index (Phi) is 3.25. The number of aromatic amines is 1. The van der Waals surface area contributed by atoms with Gasteiger partial charge in [0.25, 0.3) is 5.56 Å². The molecule has 6 heteroatoms. The summed E-state index contributed by atoms with van der Waals surface area (Å²) < 4.78 is 1.75. The minimum absolute atomic E-state index is 0.252. The van der Waals surface area contributed by atoms with Crippen molar-refractivity contribution in [2.75, 3.05) is 0 Å². The molecule has 13 heavy (non-hydrogen) atoms. The third-order valence-electron chi connectivity index (χ3n) is 1.43. The molecule has 0 aliphatic carbocycles. The van der Waals surface area contributed by atoms with Crippen LogP contribution in [0.2, 0.25) is 0 Å². The number of nitrogens with zero attached hydrogens (tertiary/aromatic N) is 2. The molecule has 0 unspecified atom stereocenters. The zero-order valence-electron chi connectivity index (χ0n) is 6.58. The summed E-state index contributed by atoms with van der Waals surface area (Å²) in [6.07, 6.45) is 1.70. The molecule has 0 saturated heterocycles. The summed E-state index contributed by atoms with van der Waals surface area (Å²) in [5.41, 5.74) is -0.862. The first-order valence-electron chi connectivity index (χ1n) is 3.51. The molecule has 1 N–H and O–H groups in total. The summed E-state index contributed by atoms with van der Waals surface area (Å²) >= 11 is 1.83. The molecule has 0 amide bonds. The highest BCUT2D eigenvalue weighted by Crippen LogP contribution is 1.93. The molecule has 0 aliphatic rings. The number of hydrogen-bond acceptors (Lipinski definition) is 3. The Morgan fingerprint density at radius 3 is 2.92 bits per heavy atom. The highest BCUT2D eigenvalue weighted by molar-refractivity contribution is 14.1. The van der Waals surface area contributed by atoms with Crippen LogP contribution in [0, 0.1) is 14.9 Å². The van der Waals surface area contributed by atoms with Gasteiger partial charge in [0.1, 0.15) is 0 Å². The number of nitrogens with one attached hydrogen (secondary N) is 1. The van der Waals surface area contributed by atoms with E-state index in [4.69, 9.17) is 5.26 Å².